The monoisotopic (exact) mass is 322 g/mol. The molecule has 3 rings (SSSR count). The molecule has 3 heteroatoms. The van der Waals surface area contributed by atoms with Crippen LogP contribution < -0.4 is 10.5 Å². The third-order valence-electron chi connectivity index (χ3n) is 4.85. The van der Waals surface area contributed by atoms with Gasteiger partial charge in [-0.25, -0.2) is 0 Å². The summed E-state index contributed by atoms with van der Waals surface area (Å²) in [6, 6.07) is 15.0. The molecule has 0 saturated heterocycles. The van der Waals surface area contributed by atoms with Gasteiger partial charge in [-0.15, -0.1) is 0 Å². The average molecular weight is 322 g/mol. The number of hydrogen-bond acceptors (Lipinski definition) is 2. The van der Waals surface area contributed by atoms with Crippen molar-refractivity contribution in [2.45, 2.75) is 32.7 Å². The lowest BCUT2D eigenvalue weighted by atomic mass is 9.91. The second kappa shape index (κ2) is 7.10. The molecule has 3 nitrogen and oxygen atoms in total. The Kier molecular flexibility index (Phi) is 4.91. The summed E-state index contributed by atoms with van der Waals surface area (Å²) in [5.41, 5.74) is 11.2. The van der Waals surface area contributed by atoms with E-state index in [4.69, 9.17) is 10.5 Å². The Hall–Kier alpha value is -2.26. The standard InChI is InChI=1S/C21H26N2O/c1-4-23-14-18(19-7-5-6-8-20(19)23)12-17(13-22)16-9-10-21(24-3)15(2)11-16/h5-11,14,17H,4,12-13,22H2,1-3H3. The Morgan fingerprint density at radius 3 is 2.62 bits per heavy atom. The summed E-state index contributed by atoms with van der Waals surface area (Å²) in [6.45, 7) is 5.88. The number of nitrogens with two attached hydrogens (primary N) is 1. The molecule has 1 heterocycles. The van der Waals surface area contributed by atoms with Gasteiger partial charge in [0, 0.05) is 29.6 Å². The van der Waals surface area contributed by atoms with Crippen LogP contribution in [0.5, 0.6) is 5.75 Å². The van der Waals surface area contributed by atoms with Gasteiger partial charge < -0.3 is 15.0 Å². The van der Waals surface area contributed by atoms with Crippen molar-refractivity contribution in [2.24, 2.45) is 5.73 Å². The molecule has 0 saturated carbocycles. The van der Waals surface area contributed by atoms with Crippen LogP contribution in [0.1, 0.15) is 29.5 Å². The number of fused-ring (bicyclic) bond motifs is 1. The summed E-state index contributed by atoms with van der Waals surface area (Å²) < 4.78 is 7.69. The minimum atomic E-state index is 0.311. The SMILES string of the molecule is CCn1cc(CC(CN)c2ccc(OC)c(C)c2)c2ccccc21. The highest BCUT2D eigenvalue weighted by Crippen LogP contribution is 2.29. The molecule has 0 spiro atoms. The van der Waals surface area contributed by atoms with Crippen molar-refractivity contribution in [3.8, 4) is 5.75 Å². The lowest BCUT2D eigenvalue weighted by Crippen LogP contribution is -2.15. The van der Waals surface area contributed by atoms with Gasteiger partial charge in [0.2, 0.25) is 0 Å². The average Bonchev–Trinajstić information content (AvgIpc) is 2.97. The fourth-order valence-electron chi connectivity index (χ4n) is 3.51. The predicted octanol–water partition coefficient (Wildman–Crippen LogP) is 4.26. The van der Waals surface area contributed by atoms with Crippen molar-refractivity contribution in [3.05, 3.63) is 65.4 Å². The zero-order valence-electron chi connectivity index (χ0n) is 14.8. The molecule has 0 fully saturated rings. The summed E-state index contributed by atoms with van der Waals surface area (Å²) in [4.78, 5) is 0. The lowest BCUT2D eigenvalue weighted by molar-refractivity contribution is 0.411. The van der Waals surface area contributed by atoms with Gasteiger partial charge in [0.1, 0.15) is 5.75 Å². The van der Waals surface area contributed by atoms with Gasteiger partial charge in [-0.3, -0.25) is 0 Å². The van der Waals surface area contributed by atoms with Gasteiger partial charge in [0.05, 0.1) is 7.11 Å². The van der Waals surface area contributed by atoms with Crippen molar-refractivity contribution in [1.29, 1.82) is 0 Å². The minimum absolute atomic E-state index is 0.311. The molecule has 126 valence electrons. The Bertz CT molecular complexity index is 835. The van der Waals surface area contributed by atoms with Crippen LogP contribution in [0.4, 0.5) is 0 Å². The van der Waals surface area contributed by atoms with Gasteiger partial charge in [-0.2, -0.15) is 0 Å². The topological polar surface area (TPSA) is 40.2 Å². The van der Waals surface area contributed by atoms with E-state index < -0.39 is 0 Å². The maximum Gasteiger partial charge on any atom is 0.121 e. The summed E-state index contributed by atoms with van der Waals surface area (Å²) in [5.74, 6) is 1.24. The molecule has 24 heavy (non-hydrogen) atoms. The number of hydrogen-bond donors (Lipinski definition) is 1. The molecular weight excluding hydrogens is 296 g/mol. The van der Waals surface area contributed by atoms with E-state index >= 15 is 0 Å². The summed E-state index contributed by atoms with van der Waals surface area (Å²) in [5, 5.41) is 1.34. The number of aryl methyl sites for hydroxylation is 2. The van der Waals surface area contributed by atoms with Crippen LogP contribution in [0, 0.1) is 6.92 Å². The van der Waals surface area contributed by atoms with Gasteiger partial charge in [-0.05, 0) is 55.6 Å². The number of methoxy groups -OCH3 is 1. The first-order valence-electron chi connectivity index (χ1n) is 8.59. The Morgan fingerprint density at radius 1 is 1.17 bits per heavy atom. The van der Waals surface area contributed by atoms with E-state index in [9.17, 15) is 0 Å². The van der Waals surface area contributed by atoms with Crippen molar-refractivity contribution < 1.29 is 4.74 Å². The van der Waals surface area contributed by atoms with Crippen molar-refractivity contribution in [3.63, 3.8) is 0 Å². The zero-order chi connectivity index (χ0) is 17.1. The van der Waals surface area contributed by atoms with Crippen molar-refractivity contribution >= 4 is 10.9 Å². The van der Waals surface area contributed by atoms with Crippen LogP contribution in [0.2, 0.25) is 0 Å². The molecule has 2 aromatic carbocycles. The summed E-state index contributed by atoms with van der Waals surface area (Å²) in [7, 11) is 1.71. The summed E-state index contributed by atoms with van der Waals surface area (Å²) in [6.07, 6.45) is 3.24. The maximum absolute atomic E-state index is 6.12. The first-order valence-corrected chi connectivity index (χ1v) is 8.59. The lowest BCUT2D eigenvalue weighted by Gasteiger charge is -2.17. The highest BCUT2D eigenvalue weighted by Gasteiger charge is 2.16. The number of aromatic nitrogens is 1. The zero-order valence-corrected chi connectivity index (χ0v) is 14.8. The van der Waals surface area contributed by atoms with E-state index in [1.807, 2.05) is 6.07 Å². The molecule has 0 aliphatic rings. The smallest absolute Gasteiger partial charge is 0.121 e. The molecule has 1 atom stereocenters. The highest BCUT2D eigenvalue weighted by atomic mass is 16.5. The van der Waals surface area contributed by atoms with E-state index in [1.54, 1.807) is 7.11 Å². The van der Waals surface area contributed by atoms with Gasteiger partial charge in [0.15, 0.2) is 0 Å². The largest absolute Gasteiger partial charge is 0.496 e. The number of rotatable bonds is 6. The fraction of sp³-hybridized carbons (Fsp3) is 0.333. The number of ether oxygens (including phenoxy) is 1. The van der Waals surface area contributed by atoms with Crippen LogP contribution in [-0.2, 0) is 13.0 Å². The molecule has 0 radical (unpaired) electrons. The van der Waals surface area contributed by atoms with Crippen LogP contribution in [0.25, 0.3) is 10.9 Å². The quantitative estimate of drug-likeness (QED) is 0.736. The van der Waals surface area contributed by atoms with Gasteiger partial charge in [-0.1, -0.05) is 30.3 Å². The molecule has 2 N–H and O–H groups in total. The third kappa shape index (κ3) is 3.04. The molecule has 0 amide bonds. The number of benzene rings is 2. The second-order valence-electron chi connectivity index (χ2n) is 6.32. The Morgan fingerprint density at radius 2 is 1.96 bits per heavy atom. The number of para-hydroxylation sites is 1. The Labute approximate surface area is 144 Å². The fourth-order valence-corrected chi connectivity index (χ4v) is 3.51. The normalized spacial score (nSPS) is 12.5. The summed E-state index contributed by atoms with van der Waals surface area (Å²) >= 11 is 0. The van der Waals surface area contributed by atoms with E-state index in [-0.39, 0.29) is 0 Å². The first kappa shape index (κ1) is 16.6. The molecule has 3 aromatic rings. The highest BCUT2D eigenvalue weighted by molar-refractivity contribution is 5.84. The van der Waals surface area contributed by atoms with Crippen LogP contribution >= 0.6 is 0 Å². The molecule has 1 aromatic heterocycles. The molecule has 0 bridgehead atoms. The molecular formula is C21H26N2O. The Balaban J connectivity index is 1.95. The minimum Gasteiger partial charge on any atom is -0.496 e. The maximum atomic E-state index is 6.12. The van der Waals surface area contributed by atoms with Crippen LogP contribution in [-0.4, -0.2) is 18.2 Å². The van der Waals surface area contributed by atoms with Crippen LogP contribution in [0.3, 0.4) is 0 Å². The first-order chi connectivity index (χ1) is 11.7. The molecule has 0 aliphatic heterocycles. The number of nitrogens with zero attached hydrogens (tertiary/aromatic N) is 1. The predicted molar refractivity (Wildman–Crippen MR) is 101 cm³/mol. The molecule has 1 unspecified atom stereocenters. The van der Waals surface area contributed by atoms with E-state index in [2.05, 4.69) is 61.0 Å². The van der Waals surface area contributed by atoms with E-state index in [0.29, 0.717) is 12.5 Å². The third-order valence-corrected chi connectivity index (χ3v) is 4.85. The van der Waals surface area contributed by atoms with E-state index in [0.717, 1.165) is 24.3 Å². The van der Waals surface area contributed by atoms with Crippen LogP contribution in [0.15, 0.2) is 48.7 Å². The van der Waals surface area contributed by atoms with Crippen molar-refractivity contribution in [1.82, 2.24) is 4.57 Å². The van der Waals surface area contributed by atoms with Gasteiger partial charge >= 0.3 is 0 Å². The molecule has 0 aliphatic carbocycles. The van der Waals surface area contributed by atoms with E-state index in [1.165, 1.54) is 22.0 Å². The second-order valence-corrected chi connectivity index (χ2v) is 6.32. The van der Waals surface area contributed by atoms with Crippen molar-refractivity contribution in [2.75, 3.05) is 13.7 Å². The van der Waals surface area contributed by atoms with Gasteiger partial charge in [0.25, 0.3) is 0 Å².